The normalized spacial score (nSPS) is 10.8. The summed E-state index contributed by atoms with van der Waals surface area (Å²) >= 11 is 0. The summed E-state index contributed by atoms with van der Waals surface area (Å²) in [6.07, 6.45) is 4.97. The summed E-state index contributed by atoms with van der Waals surface area (Å²) < 4.78 is 2.00. The Morgan fingerprint density at radius 1 is 1.29 bits per heavy atom. The number of aryl methyl sites for hydroxylation is 2. The van der Waals surface area contributed by atoms with Gasteiger partial charge in [-0.2, -0.15) is 5.10 Å². The second-order valence-corrected chi connectivity index (χ2v) is 6.41. The van der Waals surface area contributed by atoms with Crippen LogP contribution in [-0.2, 0) is 11.8 Å². The number of nitrogens with zero attached hydrogens (tertiary/aromatic N) is 4. The molecule has 4 aromatic rings. The number of H-pyrrole nitrogens is 1. The highest BCUT2D eigenvalue weighted by Crippen LogP contribution is 2.31. The van der Waals surface area contributed by atoms with Crippen LogP contribution in [-0.4, -0.2) is 30.6 Å². The number of aromatic nitrogens is 5. The van der Waals surface area contributed by atoms with Gasteiger partial charge in [0.1, 0.15) is 0 Å². The number of aromatic amines is 1. The van der Waals surface area contributed by atoms with Gasteiger partial charge in [0.15, 0.2) is 5.82 Å². The molecule has 1 aromatic carbocycles. The van der Waals surface area contributed by atoms with Crippen molar-refractivity contribution in [3.8, 4) is 11.3 Å². The van der Waals surface area contributed by atoms with E-state index in [1.165, 1.54) is 6.08 Å². The van der Waals surface area contributed by atoms with Crippen molar-refractivity contribution in [2.75, 3.05) is 10.6 Å². The zero-order chi connectivity index (χ0) is 19.7. The van der Waals surface area contributed by atoms with Crippen molar-refractivity contribution in [1.29, 1.82) is 0 Å². The van der Waals surface area contributed by atoms with Gasteiger partial charge in [-0.1, -0.05) is 12.6 Å². The monoisotopic (exact) mass is 373 g/mol. The number of carbonyl (C=O) groups excluding carboxylic acids is 1. The minimum Gasteiger partial charge on any atom is -0.350 e. The zero-order valence-corrected chi connectivity index (χ0v) is 15.5. The molecule has 0 aliphatic heterocycles. The largest absolute Gasteiger partial charge is 0.350 e. The average molecular weight is 373 g/mol. The molecule has 4 rings (SSSR count). The summed E-state index contributed by atoms with van der Waals surface area (Å²) in [5.74, 6) is 0.889. The van der Waals surface area contributed by atoms with Gasteiger partial charge in [0, 0.05) is 47.8 Å². The summed E-state index contributed by atoms with van der Waals surface area (Å²) in [4.78, 5) is 20.4. The lowest BCUT2D eigenvalue weighted by Crippen LogP contribution is -2.07. The number of anilines is 3. The van der Waals surface area contributed by atoms with E-state index in [1.807, 2.05) is 55.1 Å². The molecule has 0 aliphatic carbocycles. The number of nitrogens with one attached hydrogen (secondary N) is 3. The van der Waals surface area contributed by atoms with Crippen molar-refractivity contribution in [2.24, 2.45) is 7.05 Å². The number of amides is 1. The lowest BCUT2D eigenvalue weighted by Gasteiger charge is -2.05. The molecule has 3 heterocycles. The lowest BCUT2D eigenvalue weighted by atomic mass is 10.1. The predicted molar refractivity (Wildman–Crippen MR) is 109 cm³/mol. The van der Waals surface area contributed by atoms with Crippen molar-refractivity contribution in [2.45, 2.75) is 6.92 Å². The van der Waals surface area contributed by atoms with Crippen LogP contribution >= 0.6 is 0 Å². The fourth-order valence-electron chi connectivity index (χ4n) is 3.02. The molecule has 8 nitrogen and oxygen atoms in total. The van der Waals surface area contributed by atoms with E-state index < -0.39 is 0 Å². The smallest absolute Gasteiger partial charge is 0.247 e. The number of benzene rings is 1. The SMILES string of the molecule is C=CC(=O)Nc1ccc2c(-c3ccnc(Nc4cc(C)[nH]n4)n3)cn(C)c2c1. The number of carbonyl (C=O) groups is 1. The fraction of sp³-hybridized carbons (Fsp3) is 0.100. The highest BCUT2D eigenvalue weighted by atomic mass is 16.1. The summed E-state index contributed by atoms with van der Waals surface area (Å²) in [6, 6.07) is 9.50. The molecule has 3 aromatic heterocycles. The molecular formula is C20H19N7O. The Hall–Kier alpha value is -3.94. The molecule has 1 amide bonds. The van der Waals surface area contributed by atoms with E-state index in [1.54, 1.807) is 6.20 Å². The zero-order valence-electron chi connectivity index (χ0n) is 15.5. The van der Waals surface area contributed by atoms with Gasteiger partial charge in [-0.05, 0) is 31.2 Å². The maximum Gasteiger partial charge on any atom is 0.247 e. The van der Waals surface area contributed by atoms with E-state index in [9.17, 15) is 4.79 Å². The Labute approximate surface area is 161 Å². The molecule has 0 spiro atoms. The standard InChI is InChI=1S/C20H19N7O/c1-4-19(28)22-13-5-6-14-15(11-27(3)17(14)10-13)16-7-8-21-20(23-16)24-18-9-12(2)25-26-18/h4-11H,1H2,2-3H3,(H,22,28)(H2,21,23,24,25,26). The van der Waals surface area contributed by atoms with Gasteiger partial charge >= 0.3 is 0 Å². The molecule has 0 fully saturated rings. The van der Waals surface area contributed by atoms with Crippen LogP contribution in [0.15, 0.2) is 55.4 Å². The van der Waals surface area contributed by atoms with Crippen molar-refractivity contribution in [3.05, 3.63) is 61.1 Å². The summed E-state index contributed by atoms with van der Waals surface area (Å²) in [5.41, 5.74) is 4.41. The summed E-state index contributed by atoms with van der Waals surface area (Å²) in [7, 11) is 1.96. The average Bonchev–Trinajstić information content (AvgIpc) is 3.25. The van der Waals surface area contributed by atoms with Crippen LogP contribution in [0.2, 0.25) is 0 Å². The Morgan fingerprint density at radius 2 is 2.14 bits per heavy atom. The minimum atomic E-state index is -0.242. The Balaban J connectivity index is 1.70. The number of rotatable bonds is 5. The van der Waals surface area contributed by atoms with Crippen LogP contribution in [0.5, 0.6) is 0 Å². The molecule has 0 aliphatic rings. The number of fused-ring (bicyclic) bond motifs is 1. The van der Waals surface area contributed by atoms with Crippen molar-refractivity contribution in [3.63, 3.8) is 0 Å². The van der Waals surface area contributed by atoms with E-state index in [4.69, 9.17) is 0 Å². The second kappa shape index (κ2) is 6.99. The predicted octanol–water partition coefficient (Wildman–Crippen LogP) is 3.53. The third-order valence-corrected chi connectivity index (χ3v) is 4.32. The molecule has 28 heavy (non-hydrogen) atoms. The highest BCUT2D eigenvalue weighted by molar-refractivity contribution is 6.02. The van der Waals surface area contributed by atoms with Gasteiger partial charge in [0.2, 0.25) is 11.9 Å². The summed E-state index contributed by atoms with van der Waals surface area (Å²) in [6.45, 7) is 5.40. The maximum absolute atomic E-state index is 11.6. The van der Waals surface area contributed by atoms with Crippen LogP contribution < -0.4 is 10.6 Å². The molecular weight excluding hydrogens is 354 g/mol. The first-order chi connectivity index (χ1) is 13.5. The van der Waals surface area contributed by atoms with Crippen molar-refractivity contribution < 1.29 is 4.79 Å². The van der Waals surface area contributed by atoms with E-state index in [0.717, 1.165) is 27.9 Å². The van der Waals surface area contributed by atoms with E-state index in [0.29, 0.717) is 17.5 Å². The van der Waals surface area contributed by atoms with Crippen molar-refractivity contribution in [1.82, 2.24) is 24.7 Å². The van der Waals surface area contributed by atoms with Crippen LogP contribution in [0.1, 0.15) is 5.69 Å². The third-order valence-electron chi connectivity index (χ3n) is 4.32. The first-order valence-electron chi connectivity index (χ1n) is 8.68. The molecule has 0 radical (unpaired) electrons. The van der Waals surface area contributed by atoms with Gasteiger partial charge < -0.3 is 15.2 Å². The molecule has 140 valence electrons. The fourth-order valence-corrected chi connectivity index (χ4v) is 3.02. The molecule has 8 heteroatoms. The van der Waals surface area contributed by atoms with Crippen LogP contribution in [0, 0.1) is 6.92 Å². The second-order valence-electron chi connectivity index (χ2n) is 6.41. The van der Waals surface area contributed by atoms with Crippen molar-refractivity contribution >= 4 is 34.3 Å². The van der Waals surface area contributed by atoms with Crippen LogP contribution in [0.3, 0.4) is 0 Å². The highest BCUT2D eigenvalue weighted by Gasteiger charge is 2.12. The Morgan fingerprint density at radius 3 is 2.89 bits per heavy atom. The van der Waals surface area contributed by atoms with Crippen LogP contribution in [0.25, 0.3) is 22.2 Å². The number of hydrogen-bond donors (Lipinski definition) is 3. The molecule has 0 saturated heterocycles. The van der Waals surface area contributed by atoms with E-state index in [-0.39, 0.29) is 5.91 Å². The van der Waals surface area contributed by atoms with Gasteiger partial charge in [0.05, 0.1) is 11.2 Å². The minimum absolute atomic E-state index is 0.242. The Bertz CT molecular complexity index is 1190. The van der Waals surface area contributed by atoms with E-state index >= 15 is 0 Å². The summed E-state index contributed by atoms with van der Waals surface area (Å²) in [5, 5.41) is 13.9. The van der Waals surface area contributed by atoms with Gasteiger partial charge in [-0.25, -0.2) is 9.97 Å². The van der Waals surface area contributed by atoms with Gasteiger partial charge in [-0.15, -0.1) is 0 Å². The first kappa shape index (κ1) is 17.5. The first-order valence-corrected chi connectivity index (χ1v) is 8.68. The molecule has 0 unspecified atom stereocenters. The Kier molecular flexibility index (Phi) is 4.36. The molecule has 0 bridgehead atoms. The van der Waals surface area contributed by atoms with E-state index in [2.05, 4.69) is 37.4 Å². The molecule has 0 atom stereocenters. The maximum atomic E-state index is 11.6. The quantitative estimate of drug-likeness (QED) is 0.465. The van der Waals surface area contributed by atoms with Gasteiger partial charge in [0.25, 0.3) is 0 Å². The molecule has 0 saturated carbocycles. The lowest BCUT2D eigenvalue weighted by molar-refractivity contribution is -0.111. The van der Waals surface area contributed by atoms with Crippen LogP contribution in [0.4, 0.5) is 17.5 Å². The topological polar surface area (TPSA) is 101 Å². The van der Waals surface area contributed by atoms with Gasteiger partial charge in [-0.3, -0.25) is 9.89 Å². The molecule has 3 N–H and O–H groups in total. The third kappa shape index (κ3) is 3.35. The number of hydrogen-bond acceptors (Lipinski definition) is 5.